The van der Waals surface area contributed by atoms with E-state index in [9.17, 15) is 28.0 Å². The third-order valence-corrected chi connectivity index (χ3v) is 6.19. The number of carbonyl (C=O) groups is 1. The van der Waals surface area contributed by atoms with E-state index in [0.717, 1.165) is 25.7 Å². The van der Waals surface area contributed by atoms with E-state index in [1.54, 1.807) is 6.08 Å². The number of hydrogen-bond acceptors (Lipinski definition) is 5. The van der Waals surface area contributed by atoms with E-state index in [1.165, 1.54) is 44.6 Å². The van der Waals surface area contributed by atoms with Gasteiger partial charge in [0, 0.05) is 0 Å². The molecule has 0 aliphatic carbocycles. The minimum atomic E-state index is -4.44. The van der Waals surface area contributed by atoms with Crippen LogP contribution in [0.2, 0.25) is 0 Å². The molecule has 0 spiro atoms. The van der Waals surface area contributed by atoms with E-state index in [4.69, 9.17) is 0 Å². The van der Waals surface area contributed by atoms with Gasteiger partial charge in [-0.25, -0.2) is 0 Å². The van der Waals surface area contributed by atoms with Crippen LogP contribution < -0.4 is 5.32 Å². The maximum atomic E-state index is 12.3. The van der Waals surface area contributed by atoms with Crippen molar-refractivity contribution in [2.45, 2.75) is 116 Å². The highest BCUT2D eigenvalue weighted by molar-refractivity contribution is 7.85. The van der Waals surface area contributed by atoms with Crippen LogP contribution in [0.3, 0.4) is 0 Å². The first kappa shape index (κ1) is 32.5. The van der Waals surface area contributed by atoms with E-state index in [1.807, 2.05) is 12.2 Å². The second kappa shape index (κ2) is 20.9. The van der Waals surface area contributed by atoms with E-state index in [2.05, 4.69) is 31.3 Å². The molecule has 0 fully saturated rings. The molecule has 4 N–H and O–H groups in total. The molecule has 198 valence electrons. The predicted molar refractivity (Wildman–Crippen MR) is 139 cm³/mol. The SMILES string of the molecule is CCCCC/C=C/CC/C=C/C(O)C(CS(=O)(=O)O)NC(=O)C(O)CC/C=C\CCCCCC. The Morgan fingerprint density at radius 2 is 1.32 bits per heavy atom. The van der Waals surface area contributed by atoms with Crippen molar-refractivity contribution in [2.24, 2.45) is 0 Å². The number of aliphatic hydroxyl groups excluding tert-OH is 2. The van der Waals surface area contributed by atoms with Gasteiger partial charge < -0.3 is 15.5 Å². The summed E-state index contributed by atoms with van der Waals surface area (Å²) >= 11 is 0. The summed E-state index contributed by atoms with van der Waals surface area (Å²) in [5, 5.41) is 22.8. The van der Waals surface area contributed by atoms with Gasteiger partial charge in [-0.15, -0.1) is 0 Å². The molecule has 0 saturated carbocycles. The van der Waals surface area contributed by atoms with Crippen molar-refractivity contribution in [3.8, 4) is 0 Å². The molecule has 0 aromatic heterocycles. The number of aliphatic hydroxyl groups is 2. The molecule has 0 bridgehead atoms. The smallest absolute Gasteiger partial charge is 0.267 e. The lowest BCUT2D eigenvalue weighted by Gasteiger charge is -2.22. The molecular formula is C26H47NO6S. The van der Waals surface area contributed by atoms with Crippen LogP contribution in [0.1, 0.15) is 97.3 Å². The second-order valence-corrected chi connectivity index (χ2v) is 10.2. The van der Waals surface area contributed by atoms with Gasteiger partial charge in [0.25, 0.3) is 10.1 Å². The predicted octanol–water partition coefficient (Wildman–Crippen LogP) is 4.86. The fourth-order valence-electron chi connectivity index (χ4n) is 3.35. The second-order valence-electron chi connectivity index (χ2n) is 8.74. The number of amides is 1. The number of nitrogens with one attached hydrogen (secondary N) is 1. The number of unbranched alkanes of at least 4 members (excludes halogenated alkanes) is 8. The van der Waals surface area contributed by atoms with Crippen molar-refractivity contribution in [3.05, 3.63) is 36.5 Å². The molecule has 3 unspecified atom stereocenters. The van der Waals surface area contributed by atoms with Crippen molar-refractivity contribution in [2.75, 3.05) is 5.75 Å². The van der Waals surface area contributed by atoms with Gasteiger partial charge in [0.2, 0.25) is 5.91 Å². The minimum absolute atomic E-state index is 0.187. The molecule has 3 atom stereocenters. The van der Waals surface area contributed by atoms with Crippen molar-refractivity contribution in [3.63, 3.8) is 0 Å². The lowest BCUT2D eigenvalue weighted by Crippen LogP contribution is -2.50. The van der Waals surface area contributed by atoms with Crippen LogP contribution >= 0.6 is 0 Å². The Kier molecular flexibility index (Phi) is 19.9. The van der Waals surface area contributed by atoms with Gasteiger partial charge in [0.05, 0.1) is 17.9 Å². The largest absolute Gasteiger partial charge is 0.387 e. The Morgan fingerprint density at radius 1 is 0.794 bits per heavy atom. The molecule has 1 amide bonds. The average Bonchev–Trinajstić information content (AvgIpc) is 2.78. The summed E-state index contributed by atoms with van der Waals surface area (Å²) in [4.78, 5) is 12.3. The molecule has 34 heavy (non-hydrogen) atoms. The standard InChI is InChI=1S/C26H47NO6S/c1-3-5-7-9-11-13-15-16-18-20-24(28)23(22-34(31,32)33)27-26(30)25(29)21-19-17-14-12-10-8-6-4-2/h11,13-14,17-18,20,23-25,28-29H,3-10,12,15-16,19,21-22H2,1-2H3,(H,27,30)(H,31,32,33)/b13-11+,17-14-,20-18+. The maximum absolute atomic E-state index is 12.3. The number of allylic oxidation sites excluding steroid dienone is 5. The first-order valence-electron chi connectivity index (χ1n) is 12.8. The quantitative estimate of drug-likeness (QED) is 0.101. The highest BCUT2D eigenvalue weighted by Crippen LogP contribution is 2.07. The molecule has 7 nitrogen and oxygen atoms in total. The Hall–Kier alpha value is -1.48. The molecule has 0 aliphatic rings. The van der Waals surface area contributed by atoms with Crippen LogP contribution in [0.4, 0.5) is 0 Å². The topological polar surface area (TPSA) is 124 Å². The summed E-state index contributed by atoms with van der Waals surface area (Å²) in [6, 6.07) is -1.26. The Labute approximate surface area is 207 Å². The highest BCUT2D eigenvalue weighted by atomic mass is 32.2. The molecule has 0 aliphatic heterocycles. The summed E-state index contributed by atoms with van der Waals surface area (Å²) in [6.45, 7) is 4.32. The normalized spacial score (nSPS) is 15.3. The van der Waals surface area contributed by atoms with Gasteiger partial charge in [0.1, 0.15) is 6.10 Å². The van der Waals surface area contributed by atoms with Gasteiger partial charge >= 0.3 is 0 Å². The van der Waals surface area contributed by atoms with Crippen molar-refractivity contribution in [1.82, 2.24) is 5.32 Å². The molecule has 0 aromatic carbocycles. The first-order valence-corrected chi connectivity index (χ1v) is 14.4. The zero-order valence-corrected chi connectivity index (χ0v) is 21.9. The number of hydrogen-bond donors (Lipinski definition) is 4. The zero-order valence-electron chi connectivity index (χ0n) is 21.1. The summed E-state index contributed by atoms with van der Waals surface area (Å²) in [6.07, 6.45) is 21.1. The minimum Gasteiger partial charge on any atom is -0.387 e. The van der Waals surface area contributed by atoms with Crippen LogP contribution in [-0.2, 0) is 14.9 Å². The molecule has 0 heterocycles. The third kappa shape index (κ3) is 19.9. The summed E-state index contributed by atoms with van der Waals surface area (Å²) in [5.41, 5.74) is 0. The Balaban J connectivity index is 4.55. The molecule has 0 rings (SSSR count). The van der Waals surface area contributed by atoms with Crippen molar-refractivity contribution in [1.29, 1.82) is 0 Å². The number of rotatable bonds is 21. The Morgan fingerprint density at radius 3 is 1.94 bits per heavy atom. The van der Waals surface area contributed by atoms with Crippen LogP contribution in [0.25, 0.3) is 0 Å². The van der Waals surface area contributed by atoms with E-state index in [0.29, 0.717) is 12.8 Å². The average molecular weight is 502 g/mol. The van der Waals surface area contributed by atoms with Gasteiger partial charge in [0.15, 0.2) is 0 Å². The maximum Gasteiger partial charge on any atom is 0.267 e. The number of carbonyl (C=O) groups excluding carboxylic acids is 1. The molecule has 0 aromatic rings. The van der Waals surface area contributed by atoms with Crippen LogP contribution in [0.5, 0.6) is 0 Å². The summed E-state index contributed by atoms with van der Waals surface area (Å²) < 4.78 is 31.9. The van der Waals surface area contributed by atoms with Crippen LogP contribution in [0.15, 0.2) is 36.5 Å². The monoisotopic (exact) mass is 501 g/mol. The van der Waals surface area contributed by atoms with Gasteiger partial charge in [-0.1, -0.05) is 82.4 Å². The fourth-order valence-corrected chi connectivity index (χ4v) is 4.09. The van der Waals surface area contributed by atoms with Crippen molar-refractivity contribution >= 4 is 16.0 Å². The summed E-state index contributed by atoms with van der Waals surface area (Å²) in [7, 11) is -4.44. The third-order valence-electron chi connectivity index (χ3n) is 5.40. The fraction of sp³-hybridized carbons (Fsp3) is 0.731. The molecule has 0 radical (unpaired) electrons. The molecular weight excluding hydrogens is 454 g/mol. The van der Waals surface area contributed by atoms with Crippen molar-refractivity contribution < 1.29 is 28.0 Å². The van der Waals surface area contributed by atoms with Crippen LogP contribution in [0, 0.1) is 0 Å². The first-order chi connectivity index (χ1) is 16.2. The van der Waals surface area contributed by atoms with E-state index < -0.39 is 40.0 Å². The lowest BCUT2D eigenvalue weighted by atomic mass is 10.1. The van der Waals surface area contributed by atoms with Gasteiger partial charge in [-0.3, -0.25) is 9.35 Å². The Bertz CT molecular complexity index is 702. The van der Waals surface area contributed by atoms with Gasteiger partial charge in [-0.05, 0) is 51.4 Å². The molecule has 8 heteroatoms. The van der Waals surface area contributed by atoms with E-state index in [-0.39, 0.29) is 6.42 Å². The van der Waals surface area contributed by atoms with Gasteiger partial charge in [-0.2, -0.15) is 8.42 Å². The lowest BCUT2D eigenvalue weighted by molar-refractivity contribution is -0.130. The highest BCUT2D eigenvalue weighted by Gasteiger charge is 2.27. The summed E-state index contributed by atoms with van der Waals surface area (Å²) in [5.74, 6) is -1.61. The zero-order chi connectivity index (χ0) is 25.7. The van der Waals surface area contributed by atoms with E-state index >= 15 is 0 Å². The van der Waals surface area contributed by atoms with Crippen LogP contribution in [-0.4, -0.2) is 53.1 Å². The molecule has 0 saturated heterocycles.